The van der Waals surface area contributed by atoms with E-state index in [9.17, 15) is 9.59 Å². The van der Waals surface area contributed by atoms with Gasteiger partial charge in [-0.15, -0.1) is 0 Å². The molecule has 0 unspecified atom stereocenters. The Morgan fingerprint density at radius 1 is 1.37 bits per heavy atom. The minimum absolute atomic E-state index is 0.0702. The molecule has 1 atom stereocenters. The number of likely N-dealkylation sites (tertiary alicyclic amines) is 1. The van der Waals surface area contributed by atoms with Crippen LogP contribution in [0.1, 0.15) is 28.6 Å². The van der Waals surface area contributed by atoms with Crippen LogP contribution in [0.2, 0.25) is 0 Å². The normalized spacial score (nSPS) is 18.7. The second kappa shape index (κ2) is 5.03. The van der Waals surface area contributed by atoms with Crippen LogP contribution in [0.3, 0.4) is 0 Å². The Kier molecular flexibility index (Phi) is 3.59. The minimum atomic E-state index is -0.174. The summed E-state index contributed by atoms with van der Waals surface area (Å²) in [5, 5.41) is 0. The molecule has 1 aromatic rings. The lowest BCUT2D eigenvalue weighted by Gasteiger charge is -2.17. The van der Waals surface area contributed by atoms with Gasteiger partial charge in [-0.2, -0.15) is 0 Å². The Hall–Kier alpha value is -1.85. The molecule has 2 heterocycles. The lowest BCUT2D eigenvalue weighted by Crippen LogP contribution is -2.34. The summed E-state index contributed by atoms with van der Waals surface area (Å²) in [6.45, 7) is 4.51. The first-order chi connectivity index (χ1) is 8.90. The van der Waals surface area contributed by atoms with Gasteiger partial charge < -0.3 is 14.2 Å². The predicted octanol–water partition coefficient (Wildman–Crippen LogP) is 0.842. The number of aryl methyl sites for hydroxylation is 2. The summed E-state index contributed by atoms with van der Waals surface area (Å²) in [6, 6.07) is 0. The SMILES string of the molecule is Cc1nc(C)c(C(=O)N2CC[C@@H](C(=O)N(C)C)C2)o1. The Bertz CT molecular complexity index is 507. The summed E-state index contributed by atoms with van der Waals surface area (Å²) in [6.07, 6.45) is 0.703. The molecule has 0 bridgehead atoms. The molecule has 0 saturated carbocycles. The van der Waals surface area contributed by atoms with E-state index in [-0.39, 0.29) is 23.5 Å². The van der Waals surface area contributed by atoms with E-state index in [0.29, 0.717) is 31.1 Å². The molecule has 104 valence electrons. The van der Waals surface area contributed by atoms with E-state index in [1.54, 1.807) is 37.7 Å². The maximum atomic E-state index is 12.3. The summed E-state index contributed by atoms with van der Waals surface area (Å²) in [5.74, 6) is 0.563. The van der Waals surface area contributed by atoms with Crippen LogP contribution in [-0.4, -0.2) is 53.8 Å². The Morgan fingerprint density at radius 3 is 2.58 bits per heavy atom. The van der Waals surface area contributed by atoms with Gasteiger partial charge in [0.2, 0.25) is 11.7 Å². The van der Waals surface area contributed by atoms with E-state index in [0.717, 1.165) is 0 Å². The zero-order valence-corrected chi connectivity index (χ0v) is 11.8. The third-order valence-electron chi connectivity index (χ3n) is 3.36. The highest BCUT2D eigenvalue weighted by atomic mass is 16.4. The van der Waals surface area contributed by atoms with Gasteiger partial charge >= 0.3 is 0 Å². The summed E-state index contributed by atoms with van der Waals surface area (Å²) in [7, 11) is 3.47. The topological polar surface area (TPSA) is 66.7 Å². The van der Waals surface area contributed by atoms with Gasteiger partial charge in [0, 0.05) is 34.1 Å². The Morgan fingerprint density at radius 2 is 2.05 bits per heavy atom. The number of oxazole rings is 1. The van der Waals surface area contributed by atoms with E-state index >= 15 is 0 Å². The van der Waals surface area contributed by atoms with Crippen molar-refractivity contribution in [2.75, 3.05) is 27.2 Å². The lowest BCUT2D eigenvalue weighted by molar-refractivity contribution is -0.132. The molecule has 1 fully saturated rings. The van der Waals surface area contributed by atoms with Crippen molar-refractivity contribution in [3.63, 3.8) is 0 Å². The van der Waals surface area contributed by atoms with Crippen molar-refractivity contribution in [3.05, 3.63) is 17.3 Å². The number of hydrogen-bond donors (Lipinski definition) is 0. The molecular formula is C13H19N3O3. The van der Waals surface area contributed by atoms with Crippen LogP contribution in [-0.2, 0) is 4.79 Å². The van der Waals surface area contributed by atoms with E-state index in [2.05, 4.69) is 4.98 Å². The molecule has 1 aromatic heterocycles. The molecule has 0 N–H and O–H groups in total. The summed E-state index contributed by atoms with van der Waals surface area (Å²) < 4.78 is 5.33. The van der Waals surface area contributed by atoms with Crippen LogP contribution in [0, 0.1) is 19.8 Å². The van der Waals surface area contributed by atoms with E-state index in [1.165, 1.54) is 0 Å². The Balaban J connectivity index is 2.07. The lowest BCUT2D eigenvalue weighted by atomic mass is 10.1. The maximum Gasteiger partial charge on any atom is 0.291 e. The highest BCUT2D eigenvalue weighted by Gasteiger charge is 2.34. The number of nitrogens with zero attached hydrogens (tertiary/aromatic N) is 3. The van der Waals surface area contributed by atoms with Crippen molar-refractivity contribution < 1.29 is 14.0 Å². The highest BCUT2D eigenvalue weighted by molar-refractivity contribution is 5.93. The number of rotatable bonds is 2. The summed E-state index contributed by atoms with van der Waals surface area (Å²) in [4.78, 5) is 31.5. The van der Waals surface area contributed by atoms with E-state index < -0.39 is 0 Å². The number of carbonyl (C=O) groups excluding carboxylic acids is 2. The monoisotopic (exact) mass is 265 g/mol. The van der Waals surface area contributed by atoms with Crippen molar-refractivity contribution in [3.8, 4) is 0 Å². The molecule has 19 heavy (non-hydrogen) atoms. The molecule has 1 aliphatic rings. The van der Waals surface area contributed by atoms with Gasteiger partial charge in [0.25, 0.3) is 5.91 Å². The molecule has 0 aromatic carbocycles. The zero-order valence-electron chi connectivity index (χ0n) is 11.8. The van der Waals surface area contributed by atoms with E-state index in [4.69, 9.17) is 4.42 Å². The van der Waals surface area contributed by atoms with Gasteiger partial charge in [-0.3, -0.25) is 9.59 Å². The maximum absolute atomic E-state index is 12.3. The quantitative estimate of drug-likeness (QED) is 0.794. The third kappa shape index (κ3) is 2.62. The zero-order chi connectivity index (χ0) is 14.2. The molecular weight excluding hydrogens is 246 g/mol. The summed E-state index contributed by atoms with van der Waals surface area (Å²) >= 11 is 0. The molecule has 1 aliphatic heterocycles. The molecule has 0 radical (unpaired) electrons. The van der Waals surface area contributed by atoms with Gasteiger partial charge in [0.1, 0.15) is 0 Å². The second-order valence-corrected chi connectivity index (χ2v) is 5.12. The molecule has 1 saturated heterocycles. The fraction of sp³-hybridized carbons (Fsp3) is 0.615. The standard InChI is InChI=1S/C13H19N3O3/c1-8-11(19-9(2)14-8)13(18)16-6-5-10(7-16)12(17)15(3)4/h10H,5-7H2,1-4H3/t10-/m1/s1. The second-order valence-electron chi connectivity index (χ2n) is 5.12. The Labute approximate surface area is 112 Å². The van der Waals surface area contributed by atoms with Crippen molar-refractivity contribution in [1.29, 1.82) is 0 Å². The van der Waals surface area contributed by atoms with Gasteiger partial charge in [0.05, 0.1) is 11.6 Å². The van der Waals surface area contributed by atoms with Crippen molar-refractivity contribution in [1.82, 2.24) is 14.8 Å². The van der Waals surface area contributed by atoms with Gasteiger partial charge in [-0.05, 0) is 13.3 Å². The van der Waals surface area contributed by atoms with Crippen LogP contribution < -0.4 is 0 Å². The molecule has 0 aliphatic carbocycles. The number of carbonyl (C=O) groups is 2. The van der Waals surface area contributed by atoms with Crippen LogP contribution in [0.25, 0.3) is 0 Å². The third-order valence-corrected chi connectivity index (χ3v) is 3.36. The number of hydrogen-bond acceptors (Lipinski definition) is 4. The highest BCUT2D eigenvalue weighted by Crippen LogP contribution is 2.21. The smallest absolute Gasteiger partial charge is 0.291 e. The predicted molar refractivity (Wildman–Crippen MR) is 68.7 cm³/mol. The number of aromatic nitrogens is 1. The molecule has 0 spiro atoms. The van der Waals surface area contributed by atoms with Crippen LogP contribution in [0.5, 0.6) is 0 Å². The van der Waals surface area contributed by atoms with Crippen molar-refractivity contribution >= 4 is 11.8 Å². The summed E-state index contributed by atoms with van der Waals surface area (Å²) in [5.41, 5.74) is 0.602. The van der Waals surface area contributed by atoms with Gasteiger partial charge in [-0.25, -0.2) is 4.98 Å². The average molecular weight is 265 g/mol. The van der Waals surface area contributed by atoms with Gasteiger partial charge in [-0.1, -0.05) is 0 Å². The van der Waals surface area contributed by atoms with Crippen molar-refractivity contribution in [2.45, 2.75) is 20.3 Å². The van der Waals surface area contributed by atoms with Crippen LogP contribution in [0.4, 0.5) is 0 Å². The molecule has 2 amide bonds. The minimum Gasteiger partial charge on any atom is -0.436 e. The van der Waals surface area contributed by atoms with Crippen molar-refractivity contribution in [2.24, 2.45) is 5.92 Å². The first-order valence-corrected chi connectivity index (χ1v) is 6.34. The number of amides is 2. The average Bonchev–Trinajstić information content (AvgIpc) is 2.94. The van der Waals surface area contributed by atoms with Gasteiger partial charge in [0.15, 0.2) is 5.89 Å². The first kappa shape index (κ1) is 13.6. The fourth-order valence-corrected chi connectivity index (χ4v) is 2.38. The first-order valence-electron chi connectivity index (χ1n) is 6.34. The van der Waals surface area contributed by atoms with Crippen LogP contribution in [0.15, 0.2) is 4.42 Å². The molecule has 6 heteroatoms. The fourth-order valence-electron chi connectivity index (χ4n) is 2.38. The van der Waals surface area contributed by atoms with Crippen LogP contribution >= 0.6 is 0 Å². The molecule has 2 rings (SSSR count). The van der Waals surface area contributed by atoms with E-state index in [1.807, 2.05) is 0 Å². The largest absolute Gasteiger partial charge is 0.436 e. The molecule has 6 nitrogen and oxygen atoms in total.